The number of nitrogens with one attached hydrogen (secondary N) is 5. The lowest BCUT2D eigenvalue weighted by atomic mass is 9.95. The molecule has 6 saturated heterocycles. The highest BCUT2D eigenvalue weighted by Gasteiger charge is 2.48. The zero-order valence-electron chi connectivity index (χ0n) is 75.1. The molecule has 0 spiro atoms. The lowest BCUT2D eigenvalue weighted by molar-refractivity contribution is -0.139. The van der Waals surface area contributed by atoms with Crippen LogP contribution >= 0.6 is 68.8 Å². The topological polar surface area (TPSA) is 412 Å². The monoisotopic (exact) mass is 2000 g/mol. The molecule has 10 aromatic rings. The van der Waals surface area contributed by atoms with Gasteiger partial charge in [-0.05, 0) is 109 Å². The number of hydrogen-bond donors (Lipinski definition) is 8. The van der Waals surface area contributed by atoms with Gasteiger partial charge in [-0.25, -0.2) is 66.7 Å². The number of fused-ring (bicyclic) bond motifs is 4. The Kier molecular flexibility index (Phi) is 29.1. The van der Waals surface area contributed by atoms with Crippen molar-refractivity contribution < 1.29 is 76.0 Å². The molecule has 44 heteroatoms. The molecule has 13 heterocycles. The maximum Gasteiger partial charge on any atom is 0.338 e. The van der Waals surface area contributed by atoms with Gasteiger partial charge in [-0.15, -0.1) is 34.0 Å². The van der Waals surface area contributed by atoms with E-state index in [-0.39, 0.29) is 80.3 Å². The molecule has 0 saturated carbocycles. The lowest BCUT2D eigenvalue weighted by Gasteiger charge is -2.38. The number of nitrogens with two attached hydrogens (primary N) is 1. The normalized spacial score (nSPS) is 20.6. The molecular formula is C94H94Cl3F3N22O13S3. The number of piperazine rings is 3. The van der Waals surface area contributed by atoms with E-state index in [1.807, 2.05) is 86.8 Å². The van der Waals surface area contributed by atoms with Gasteiger partial charge in [0.2, 0.25) is 0 Å². The third kappa shape index (κ3) is 20.7. The van der Waals surface area contributed by atoms with Gasteiger partial charge in [0.25, 0.3) is 0 Å². The number of nitrogens with zero attached hydrogens (tertiary/aromatic N) is 16. The number of aliphatic carboxylic acids is 2. The Labute approximate surface area is 816 Å². The number of imidazole rings is 1. The van der Waals surface area contributed by atoms with Crippen LogP contribution in [0.1, 0.15) is 87.5 Å². The van der Waals surface area contributed by atoms with Gasteiger partial charge in [0, 0.05) is 211 Å². The Balaban J connectivity index is 0.000000143. The zero-order chi connectivity index (χ0) is 97.2. The van der Waals surface area contributed by atoms with Crippen LogP contribution in [0, 0.1) is 30.3 Å². The second kappa shape index (κ2) is 41.6. The third-order valence-electron chi connectivity index (χ3n) is 25.1. The van der Waals surface area contributed by atoms with Crippen molar-refractivity contribution in [2.75, 3.05) is 140 Å². The van der Waals surface area contributed by atoms with Crippen LogP contribution in [0.15, 0.2) is 205 Å². The number of ether oxygens (including phenoxy) is 3. The number of carbonyl (C=O) groups excluding carboxylic acids is 6. The molecule has 0 bridgehead atoms. The van der Waals surface area contributed by atoms with Gasteiger partial charge >= 0.3 is 47.9 Å². The Bertz CT molecular complexity index is 6550. The Morgan fingerprint density at radius 2 is 0.862 bits per heavy atom. The number of urea groups is 3. The first-order chi connectivity index (χ1) is 66.4. The molecule has 0 aliphatic carbocycles. The van der Waals surface area contributed by atoms with Crippen LogP contribution < -0.4 is 41.7 Å². The molecule has 6 fully saturated rings. The summed E-state index contributed by atoms with van der Waals surface area (Å²) in [6.45, 7) is 12.9. The smallest absolute Gasteiger partial charge is 0.338 e. The molecular weight excluding hydrogens is 1900 g/mol. The molecule has 718 valence electrons. The van der Waals surface area contributed by atoms with E-state index in [1.54, 1.807) is 64.8 Å². The highest BCUT2D eigenvalue weighted by molar-refractivity contribution is 7.12. The average molecular weight is 2000 g/mol. The number of methoxy groups -OCH3 is 3. The maximum absolute atomic E-state index is 14.0. The molecule has 138 heavy (non-hydrogen) atoms. The van der Waals surface area contributed by atoms with E-state index in [9.17, 15) is 56.6 Å². The maximum atomic E-state index is 14.0. The van der Waals surface area contributed by atoms with Crippen molar-refractivity contribution >= 4 is 168 Å². The second-order valence-corrected chi connectivity index (χ2v) is 38.1. The number of esters is 3. The molecule has 8 atom stereocenters. The Morgan fingerprint density at radius 3 is 1.20 bits per heavy atom. The van der Waals surface area contributed by atoms with Gasteiger partial charge in [0.05, 0.1) is 73.6 Å². The highest BCUT2D eigenvalue weighted by Crippen LogP contribution is 2.43. The largest absolute Gasteiger partial charge is 0.481 e. The van der Waals surface area contributed by atoms with Crippen molar-refractivity contribution in [2.45, 2.75) is 75.5 Å². The van der Waals surface area contributed by atoms with Gasteiger partial charge in [-0.1, -0.05) is 79.0 Å². The fourth-order valence-corrected chi connectivity index (χ4v) is 21.0. The van der Waals surface area contributed by atoms with E-state index in [0.717, 1.165) is 28.2 Å². The highest BCUT2D eigenvalue weighted by atomic mass is 35.5. The van der Waals surface area contributed by atoms with Crippen molar-refractivity contribution in [3.05, 3.63) is 265 Å². The summed E-state index contributed by atoms with van der Waals surface area (Å²) in [5.74, 6) is -3.05. The summed E-state index contributed by atoms with van der Waals surface area (Å²) >= 11 is 23.6. The minimum absolute atomic E-state index is 0.0281. The number of benzene rings is 6. The van der Waals surface area contributed by atoms with E-state index < -0.39 is 77.5 Å². The summed E-state index contributed by atoms with van der Waals surface area (Å²) in [5, 5.41) is 39.4. The van der Waals surface area contributed by atoms with E-state index in [4.69, 9.17) is 74.8 Å². The minimum Gasteiger partial charge on any atom is -0.481 e. The van der Waals surface area contributed by atoms with Crippen molar-refractivity contribution in [1.82, 2.24) is 70.3 Å². The number of aromatic nitrogens is 5. The molecule has 9 aliphatic rings. The van der Waals surface area contributed by atoms with Crippen molar-refractivity contribution in [3.63, 3.8) is 0 Å². The van der Waals surface area contributed by atoms with Gasteiger partial charge in [0.15, 0.2) is 32.5 Å². The number of rotatable bonds is 25. The molecule has 0 radical (unpaired) electrons. The number of carbonyl (C=O) groups is 8. The van der Waals surface area contributed by atoms with Crippen LogP contribution in [-0.4, -0.2) is 274 Å². The number of carboxylic acids is 2. The number of amidine groups is 3. The van der Waals surface area contributed by atoms with Crippen LogP contribution in [0.25, 0.3) is 11.0 Å². The van der Waals surface area contributed by atoms with E-state index >= 15 is 0 Å². The average Bonchev–Trinajstić information content (AvgIpc) is 1.69. The number of halogens is 6. The predicted octanol–water partition coefficient (Wildman–Crippen LogP) is 12.4. The predicted molar refractivity (Wildman–Crippen MR) is 517 cm³/mol. The number of amides is 6. The number of anilines is 4. The summed E-state index contributed by atoms with van der Waals surface area (Å²) in [6, 6.07) is 27.6. The first kappa shape index (κ1) is 96.5. The number of carboxylic acid groups (broad SMARTS) is 2. The summed E-state index contributed by atoms with van der Waals surface area (Å²) < 4.78 is 57.6. The molecule has 19 rings (SSSR count). The molecule has 6 amide bonds. The van der Waals surface area contributed by atoms with Crippen LogP contribution in [0.2, 0.25) is 15.1 Å². The van der Waals surface area contributed by atoms with E-state index in [2.05, 4.69) is 60.9 Å². The molecule has 9 N–H and O–H groups in total. The van der Waals surface area contributed by atoms with Crippen LogP contribution in [0.3, 0.4) is 0 Å². The zero-order valence-corrected chi connectivity index (χ0v) is 79.8. The molecule has 6 aromatic carbocycles. The summed E-state index contributed by atoms with van der Waals surface area (Å²) in [5.41, 5.74) is 15.2. The van der Waals surface area contributed by atoms with Gasteiger partial charge in [-0.3, -0.25) is 49.2 Å². The number of aromatic amines is 1. The Morgan fingerprint density at radius 1 is 0.500 bits per heavy atom. The first-order valence-electron chi connectivity index (χ1n) is 44.0. The number of hydrogen-bond acceptors (Lipinski definition) is 29. The Hall–Kier alpha value is -13.2. The molecule has 4 aromatic heterocycles. The second-order valence-electron chi connectivity index (χ2n) is 34.2. The van der Waals surface area contributed by atoms with Crippen molar-refractivity contribution in [2.24, 2.45) is 26.6 Å². The molecule has 35 nitrogen and oxygen atoms in total. The van der Waals surface area contributed by atoms with Gasteiger partial charge in [0.1, 0.15) is 47.4 Å². The summed E-state index contributed by atoms with van der Waals surface area (Å²) in [6.07, 6.45) is 4.80. The summed E-state index contributed by atoms with van der Waals surface area (Å²) in [4.78, 5) is 156. The summed E-state index contributed by atoms with van der Waals surface area (Å²) in [7, 11) is 3.90. The molecule has 1 unspecified atom stereocenters. The number of aryl methyl sites for hydroxylation is 1. The van der Waals surface area contributed by atoms with E-state index in [0.29, 0.717) is 181 Å². The lowest BCUT2D eigenvalue weighted by Crippen LogP contribution is -2.53. The first-order valence-corrected chi connectivity index (χ1v) is 47.8. The standard InChI is InChI=1S/C33H35ClFN7O5S.C31H31ClFN7O5S.C30H28ClFN8O3S/c1-18(2)27(31(43)44)37-20-5-7-21(8-6-20)42-16-22-15-40(11-12-41(22)33(42)46)17-25-26(32(45)47-3)28(23-9-4-19(35)14-24(23)34)39-29(38-25)30-36-10-13-48-30;1-45-30(43)26-24(36-28(29-35-8-11-46-29)37-27(26)21-7-4-18(33)12-22(21)32)16-38-9-10-39-20(14-38)15-40(31(39)44)19-5-2-17(3-6-19)23(34)13-25(41)42;1-16-34-22-6-4-18(12-23(22)35-16)40-14-19-13-38(8-9-39(19)30(40)42)15-24-25(29(41)43-2)26(20-5-3-17(32)11-21(20)31)37-27(36-24)28-33-7-10-44-28/h4-10,13-14,18,22,27-28,37H,11-12,15-17H2,1-3H3,(H,38,39)(H,43,44);2-8,11-12,20,23,27H,9-10,13-16,34H2,1H3,(H,36,37)(H,41,42);3-7,10-12,19,26H,8-9,13-15H2,1-2H3,(H,34,35)(H,36,37)/t22-,27-,28-;20-,23?,27-;19-,26-/m000/s1. The number of H-pyrrole nitrogens is 1. The minimum atomic E-state index is -0.980. The van der Waals surface area contributed by atoms with Crippen LogP contribution in [-0.2, 0) is 38.2 Å². The fourth-order valence-electron chi connectivity index (χ4n) is 18.4. The number of thiazole rings is 3. The third-order valence-corrected chi connectivity index (χ3v) is 28.4. The van der Waals surface area contributed by atoms with Crippen molar-refractivity contribution in [3.8, 4) is 0 Å². The van der Waals surface area contributed by atoms with Crippen LogP contribution in [0.4, 0.5) is 50.3 Å². The fraction of sp³-hybridized carbons (Fsp3) is 0.330. The molecule has 9 aliphatic heterocycles. The SMILES string of the molecule is COC(=O)C1=C(CN2CCN3C(=O)N(c4ccc(C(N)CC(=O)O)cc4)C[C@@H]3C2)NC(c2nccs2)=N[C@H]1c1ccc(F)cc1Cl.COC(=O)C1=C(CN2CCN3C(=O)N(c4ccc(N[C@H](C(=O)O)C(C)C)cc4)C[C@@H]3C2)NC(c2nccs2)=N[C@H]1c1ccc(F)cc1Cl.COC(=O)C1=C(CN2CCN3C(=O)N(c4ccc5nc(C)[nH]c5c4)C[C@@H]3C2)NC(c2nccs2)=N[C@H]1c1ccc(F)cc1Cl. The van der Waals surface area contributed by atoms with Crippen LogP contribution in [0.5, 0.6) is 0 Å². The van der Waals surface area contributed by atoms with Crippen molar-refractivity contribution in [1.29, 1.82) is 0 Å². The van der Waals surface area contributed by atoms with Gasteiger partial charge < -0.3 is 71.1 Å². The van der Waals surface area contributed by atoms with Gasteiger partial charge in [-0.2, -0.15) is 0 Å². The van der Waals surface area contributed by atoms with E-state index in [1.165, 1.54) is 110 Å². The quantitative estimate of drug-likeness (QED) is 0.0195. The number of aliphatic imine (C=N–C) groups is 3.